The van der Waals surface area contributed by atoms with Crippen molar-refractivity contribution in [3.8, 4) is 0 Å². The topological polar surface area (TPSA) is 46.6 Å². The van der Waals surface area contributed by atoms with Crippen molar-refractivity contribution in [2.24, 2.45) is 11.3 Å². The molecule has 18 heavy (non-hydrogen) atoms. The van der Waals surface area contributed by atoms with E-state index < -0.39 is 29.3 Å². The number of β-lactam (4-membered cyclic amide) rings is 1. The van der Waals surface area contributed by atoms with E-state index in [0.29, 0.717) is 17.7 Å². The van der Waals surface area contributed by atoms with Gasteiger partial charge in [0, 0.05) is 6.54 Å². The second-order valence-corrected chi connectivity index (χ2v) is 5.17. The van der Waals surface area contributed by atoms with Crippen LogP contribution in [0, 0.1) is 11.3 Å². The average Bonchev–Trinajstić information content (AvgIpc) is 2.85. The van der Waals surface area contributed by atoms with Gasteiger partial charge in [0.25, 0.3) is 0 Å². The molecule has 1 saturated heterocycles. The van der Waals surface area contributed by atoms with Gasteiger partial charge in [0.05, 0.1) is 13.0 Å². The zero-order chi connectivity index (χ0) is 13.6. The number of ether oxygens (including phenoxy) is 1. The maximum atomic E-state index is 14.1. The summed E-state index contributed by atoms with van der Waals surface area (Å²) in [5, 5.41) is 0. The number of hydrogen-bond acceptors (Lipinski definition) is 3. The molecule has 1 aliphatic carbocycles. The number of carbonyl (C=O) groups excluding carboxylic acids is 2. The van der Waals surface area contributed by atoms with Gasteiger partial charge < -0.3 is 4.74 Å². The zero-order valence-electron chi connectivity index (χ0n) is 10.5. The predicted molar refractivity (Wildman–Crippen MR) is 58.7 cm³/mol. The van der Waals surface area contributed by atoms with Crippen LogP contribution < -0.4 is 0 Å². The fourth-order valence-electron chi connectivity index (χ4n) is 2.96. The fourth-order valence-corrected chi connectivity index (χ4v) is 2.96. The fraction of sp³-hybridized carbons (Fsp3) is 0.833. The highest BCUT2D eigenvalue weighted by Gasteiger charge is 2.74. The number of carbonyl (C=O) groups is 2. The molecule has 0 aromatic heterocycles. The molecule has 0 radical (unpaired) electrons. The van der Waals surface area contributed by atoms with Crippen LogP contribution >= 0.6 is 0 Å². The Morgan fingerprint density at radius 1 is 1.44 bits per heavy atom. The second-order valence-electron chi connectivity index (χ2n) is 5.17. The summed E-state index contributed by atoms with van der Waals surface area (Å²) >= 11 is 0. The number of amides is 1. The summed E-state index contributed by atoms with van der Waals surface area (Å²) in [4.78, 5) is 23.7. The standard InChI is InChI=1S/C12H17F2NO3/c1-8(9(16)18-2)7-15-10(17)11(12(15,13)14)5-3-4-6-11/h8H,3-7H2,1-2H3/t8-/m0/s1. The Hall–Kier alpha value is -1.20. The Labute approximate surface area is 104 Å². The SMILES string of the molecule is COC(=O)[C@@H](C)CN1C(=O)C2(CCCC2)C1(F)F. The van der Waals surface area contributed by atoms with E-state index in [1.54, 1.807) is 0 Å². The molecular formula is C12H17F2NO3. The molecule has 0 aromatic carbocycles. The summed E-state index contributed by atoms with van der Waals surface area (Å²) < 4.78 is 32.7. The molecule has 1 aliphatic heterocycles. The molecule has 1 spiro atoms. The van der Waals surface area contributed by atoms with Crippen LogP contribution in [-0.2, 0) is 14.3 Å². The van der Waals surface area contributed by atoms with Crippen LogP contribution in [0.1, 0.15) is 32.6 Å². The van der Waals surface area contributed by atoms with Crippen LogP contribution in [0.3, 0.4) is 0 Å². The van der Waals surface area contributed by atoms with E-state index in [0.717, 1.165) is 0 Å². The Bertz CT molecular complexity index is 378. The number of methoxy groups -OCH3 is 1. The Kier molecular flexibility index (Phi) is 3.07. The first kappa shape index (κ1) is 13.2. The largest absolute Gasteiger partial charge is 0.469 e. The lowest BCUT2D eigenvalue weighted by atomic mass is 9.73. The third kappa shape index (κ3) is 1.54. The van der Waals surface area contributed by atoms with Gasteiger partial charge in [0.2, 0.25) is 5.91 Å². The first-order valence-corrected chi connectivity index (χ1v) is 6.14. The van der Waals surface area contributed by atoms with Gasteiger partial charge in [-0.3, -0.25) is 14.5 Å². The summed E-state index contributed by atoms with van der Waals surface area (Å²) in [6.45, 7) is 1.20. The highest BCUT2D eigenvalue weighted by Crippen LogP contribution is 2.59. The van der Waals surface area contributed by atoms with Crippen molar-refractivity contribution in [3.05, 3.63) is 0 Å². The second kappa shape index (κ2) is 4.17. The number of hydrogen-bond donors (Lipinski definition) is 0. The van der Waals surface area contributed by atoms with E-state index in [9.17, 15) is 18.4 Å². The van der Waals surface area contributed by atoms with Gasteiger partial charge in [-0.05, 0) is 12.8 Å². The number of alkyl halides is 2. The number of rotatable bonds is 3. The van der Waals surface area contributed by atoms with Crippen LogP contribution in [0.2, 0.25) is 0 Å². The van der Waals surface area contributed by atoms with Gasteiger partial charge >= 0.3 is 12.0 Å². The molecular weight excluding hydrogens is 244 g/mol. The predicted octanol–water partition coefficient (Wildman–Crippen LogP) is 1.79. The number of halogens is 2. The van der Waals surface area contributed by atoms with Crippen molar-refractivity contribution in [1.29, 1.82) is 0 Å². The van der Waals surface area contributed by atoms with E-state index >= 15 is 0 Å². The van der Waals surface area contributed by atoms with Crippen molar-refractivity contribution >= 4 is 11.9 Å². The van der Waals surface area contributed by atoms with Crippen molar-refractivity contribution in [3.63, 3.8) is 0 Å². The van der Waals surface area contributed by atoms with E-state index in [-0.39, 0.29) is 19.4 Å². The van der Waals surface area contributed by atoms with E-state index in [1.165, 1.54) is 14.0 Å². The lowest BCUT2D eigenvalue weighted by Crippen LogP contribution is -2.73. The van der Waals surface area contributed by atoms with Gasteiger partial charge in [-0.25, -0.2) is 0 Å². The van der Waals surface area contributed by atoms with Gasteiger partial charge in [0.15, 0.2) is 0 Å². The molecule has 1 atom stereocenters. The summed E-state index contributed by atoms with van der Waals surface area (Å²) in [5.41, 5.74) is -1.48. The quantitative estimate of drug-likeness (QED) is 0.442. The molecule has 2 rings (SSSR count). The summed E-state index contributed by atoms with van der Waals surface area (Å²) in [7, 11) is 1.20. The number of esters is 1. The maximum Gasteiger partial charge on any atom is 0.342 e. The molecule has 1 amide bonds. The molecule has 2 fully saturated rings. The average molecular weight is 261 g/mol. The molecule has 1 saturated carbocycles. The van der Waals surface area contributed by atoms with Crippen LogP contribution in [-0.4, -0.2) is 36.5 Å². The summed E-state index contributed by atoms with van der Waals surface area (Å²) in [5.74, 6) is -1.82. The van der Waals surface area contributed by atoms with Gasteiger partial charge in [-0.15, -0.1) is 0 Å². The van der Waals surface area contributed by atoms with E-state index in [1.807, 2.05) is 0 Å². The monoisotopic (exact) mass is 261 g/mol. The zero-order valence-corrected chi connectivity index (χ0v) is 10.5. The van der Waals surface area contributed by atoms with Gasteiger partial charge in [0.1, 0.15) is 5.41 Å². The normalized spacial score (nSPS) is 26.0. The minimum Gasteiger partial charge on any atom is -0.469 e. The highest BCUT2D eigenvalue weighted by atomic mass is 19.3. The lowest BCUT2D eigenvalue weighted by molar-refractivity contribution is -0.285. The van der Waals surface area contributed by atoms with Crippen molar-refractivity contribution in [1.82, 2.24) is 4.90 Å². The number of nitrogens with zero attached hydrogens (tertiary/aromatic N) is 1. The molecule has 2 aliphatic rings. The molecule has 0 unspecified atom stereocenters. The van der Waals surface area contributed by atoms with Gasteiger partial charge in [-0.2, -0.15) is 8.78 Å². The molecule has 0 N–H and O–H groups in total. The summed E-state index contributed by atoms with van der Waals surface area (Å²) in [6.07, 6.45) is 1.84. The third-order valence-electron chi connectivity index (χ3n) is 4.09. The molecule has 0 aromatic rings. The van der Waals surface area contributed by atoms with Crippen LogP contribution in [0.25, 0.3) is 0 Å². The van der Waals surface area contributed by atoms with E-state index in [4.69, 9.17) is 0 Å². The van der Waals surface area contributed by atoms with Gasteiger partial charge in [-0.1, -0.05) is 19.8 Å². The number of likely N-dealkylation sites (tertiary alicyclic amines) is 1. The highest BCUT2D eigenvalue weighted by molar-refractivity contribution is 5.91. The van der Waals surface area contributed by atoms with Crippen molar-refractivity contribution in [2.45, 2.75) is 38.7 Å². The first-order valence-electron chi connectivity index (χ1n) is 6.14. The van der Waals surface area contributed by atoms with Crippen LogP contribution in [0.4, 0.5) is 8.78 Å². The molecule has 0 bridgehead atoms. The minimum absolute atomic E-state index is 0.252. The van der Waals surface area contributed by atoms with Crippen LogP contribution in [0.15, 0.2) is 0 Å². The Morgan fingerprint density at radius 3 is 2.44 bits per heavy atom. The maximum absolute atomic E-state index is 14.1. The lowest BCUT2D eigenvalue weighted by Gasteiger charge is -2.54. The summed E-state index contributed by atoms with van der Waals surface area (Å²) in [6, 6.07) is -3.12. The molecule has 102 valence electrons. The third-order valence-corrected chi connectivity index (χ3v) is 4.09. The first-order chi connectivity index (χ1) is 8.37. The molecule has 6 heteroatoms. The molecule has 4 nitrogen and oxygen atoms in total. The Balaban J connectivity index is 2.08. The van der Waals surface area contributed by atoms with E-state index in [2.05, 4.69) is 4.74 Å². The van der Waals surface area contributed by atoms with Crippen molar-refractivity contribution in [2.75, 3.05) is 13.7 Å². The minimum atomic E-state index is -3.12. The molecule has 1 heterocycles. The Morgan fingerprint density at radius 2 is 2.00 bits per heavy atom. The smallest absolute Gasteiger partial charge is 0.342 e. The van der Waals surface area contributed by atoms with Crippen molar-refractivity contribution < 1.29 is 23.1 Å². The van der Waals surface area contributed by atoms with Crippen LogP contribution in [0.5, 0.6) is 0 Å².